The molecule has 150 valence electrons. The first-order valence-corrected chi connectivity index (χ1v) is 9.65. The lowest BCUT2D eigenvalue weighted by atomic mass is 10.0. The van der Waals surface area contributed by atoms with Gasteiger partial charge in [-0.05, 0) is 30.7 Å². The van der Waals surface area contributed by atoms with Crippen molar-refractivity contribution in [2.45, 2.75) is 19.4 Å². The van der Waals surface area contributed by atoms with Crippen molar-refractivity contribution < 1.29 is 18.8 Å². The van der Waals surface area contributed by atoms with Gasteiger partial charge < -0.3 is 14.6 Å². The highest BCUT2D eigenvalue weighted by Gasteiger charge is 2.32. The average Bonchev–Trinajstić information content (AvgIpc) is 3.24. The summed E-state index contributed by atoms with van der Waals surface area (Å²) < 4.78 is 14.4. The Bertz CT molecular complexity index is 953. The molecule has 1 saturated heterocycles. The molecular formula is C22H22FN3O3. The van der Waals surface area contributed by atoms with Crippen molar-refractivity contribution in [3.63, 3.8) is 0 Å². The van der Waals surface area contributed by atoms with Gasteiger partial charge in [0.2, 0.25) is 0 Å². The van der Waals surface area contributed by atoms with Gasteiger partial charge in [-0.25, -0.2) is 4.39 Å². The van der Waals surface area contributed by atoms with Crippen molar-refractivity contribution in [1.29, 1.82) is 0 Å². The summed E-state index contributed by atoms with van der Waals surface area (Å²) in [6.07, 6.45) is 0.217. The van der Waals surface area contributed by atoms with E-state index in [-0.39, 0.29) is 17.8 Å². The first-order valence-electron chi connectivity index (χ1n) is 9.65. The van der Waals surface area contributed by atoms with Crippen molar-refractivity contribution in [3.05, 3.63) is 65.5 Å². The van der Waals surface area contributed by atoms with Crippen molar-refractivity contribution in [3.8, 4) is 0 Å². The van der Waals surface area contributed by atoms with Crippen LogP contribution in [0.2, 0.25) is 0 Å². The summed E-state index contributed by atoms with van der Waals surface area (Å²) in [5.41, 5.74) is 2.22. The van der Waals surface area contributed by atoms with Crippen LogP contribution >= 0.6 is 0 Å². The number of ketones is 1. The van der Waals surface area contributed by atoms with E-state index in [1.54, 1.807) is 17.0 Å². The first-order chi connectivity index (χ1) is 14.0. The second-order valence-electron chi connectivity index (χ2n) is 7.25. The maximum atomic E-state index is 14.4. The highest BCUT2D eigenvalue weighted by Crippen LogP contribution is 2.28. The van der Waals surface area contributed by atoms with Gasteiger partial charge >= 0.3 is 0 Å². The Hall–Kier alpha value is -3.22. The molecule has 0 bridgehead atoms. The van der Waals surface area contributed by atoms with E-state index in [9.17, 15) is 14.0 Å². The number of hydrogen-bond donors (Lipinski definition) is 0. The molecule has 0 saturated carbocycles. The fraction of sp³-hybridized carbons (Fsp3) is 0.318. The van der Waals surface area contributed by atoms with Crippen LogP contribution in [0.3, 0.4) is 0 Å². The fourth-order valence-electron chi connectivity index (χ4n) is 3.67. The van der Waals surface area contributed by atoms with E-state index in [2.05, 4.69) is 5.16 Å². The summed E-state index contributed by atoms with van der Waals surface area (Å²) in [4.78, 5) is 33.3. The van der Waals surface area contributed by atoms with Gasteiger partial charge in [-0.3, -0.25) is 9.59 Å². The van der Waals surface area contributed by atoms with Gasteiger partial charge in [0.05, 0.1) is 5.69 Å². The number of halogens is 1. The van der Waals surface area contributed by atoms with Crippen LogP contribution in [0.15, 0.2) is 53.7 Å². The molecule has 0 radical (unpaired) electrons. The average molecular weight is 395 g/mol. The Morgan fingerprint density at radius 1 is 1.07 bits per heavy atom. The van der Waals surface area contributed by atoms with Crippen LogP contribution in [0.25, 0.3) is 0 Å². The first kappa shape index (κ1) is 19.1. The van der Waals surface area contributed by atoms with Gasteiger partial charge in [0.1, 0.15) is 11.5 Å². The van der Waals surface area contributed by atoms with Gasteiger partial charge in [-0.2, -0.15) is 0 Å². The molecule has 1 atom stereocenters. The van der Waals surface area contributed by atoms with Crippen LogP contribution in [0.1, 0.15) is 35.4 Å². The molecule has 0 aliphatic carbocycles. The third-order valence-electron chi connectivity index (χ3n) is 5.35. The zero-order chi connectivity index (χ0) is 20.4. The third-order valence-corrected chi connectivity index (χ3v) is 5.35. The predicted octanol–water partition coefficient (Wildman–Crippen LogP) is 3.19. The Morgan fingerprint density at radius 3 is 2.45 bits per heavy atom. The molecule has 6 nitrogen and oxygen atoms in total. The van der Waals surface area contributed by atoms with Crippen molar-refractivity contribution in [2.24, 2.45) is 5.16 Å². The lowest BCUT2D eigenvalue weighted by Crippen LogP contribution is -2.50. The quantitative estimate of drug-likeness (QED) is 0.746. The van der Waals surface area contributed by atoms with Crippen LogP contribution in [-0.4, -0.2) is 48.5 Å². The zero-order valence-corrected chi connectivity index (χ0v) is 16.2. The van der Waals surface area contributed by atoms with Crippen molar-refractivity contribution >= 4 is 23.1 Å². The van der Waals surface area contributed by atoms with E-state index in [0.29, 0.717) is 49.6 Å². The molecule has 2 aromatic rings. The van der Waals surface area contributed by atoms with Crippen molar-refractivity contribution in [1.82, 2.24) is 4.90 Å². The maximum Gasteiger partial charge on any atom is 0.271 e. The molecule has 0 aromatic heterocycles. The van der Waals surface area contributed by atoms with Crippen LogP contribution in [0.4, 0.5) is 10.1 Å². The molecule has 1 amide bonds. The number of oxime groups is 1. The van der Waals surface area contributed by atoms with E-state index in [0.717, 1.165) is 5.56 Å². The SMILES string of the molecule is CC(=O)c1ccc(N2CCN(C(=O)C3=NOC(c4ccccc4)C3)CC2)c(F)c1. The molecule has 2 heterocycles. The summed E-state index contributed by atoms with van der Waals surface area (Å²) in [6, 6.07) is 14.2. The van der Waals surface area contributed by atoms with Gasteiger partial charge in [0, 0.05) is 38.2 Å². The molecule has 7 heteroatoms. The lowest BCUT2D eigenvalue weighted by Gasteiger charge is -2.36. The molecule has 0 spiro atoms. The Kier molecular flexibility index (Phi) is 5.29. The van der Waals surface area contributed by atoms with Gasteiger partial charge in [-0.15, -0.1) is 0 Å². The number of hydrogen-bond acceptors (Lipinski definition) is 5. The van der Waals surface area contributed by atoms with Gasteiger partial charge in [0.25, 0.3) is 5.91 Å². The van der Waals surface area contributed by atoms with E-state index in [4.69, 9.17) is 4.84 Å². The second-order valence-corrected chi connectivity index (χ2v) is 7.25. The summed E-state index contributed by atoms with van der Waals surface area (Å²) in [6.45, 7) is 3.39. The number of carbonyl (C=O) groups is 2. The van der Waals surface area contributed by atoms with E-state index in [1.807, 2.05) is 35.2 Å². The Balaban J connectivity index is 1.35. The summed E-state index contributed by atoms with van der Waals surface area (Å²) in [5.74, 6) is -0.716. The molecule has 29 heavy (non-hydrogen) atoms. The minimum Gasteiger partial charge on any atom is -0.387 e. The van der Waals surface area contributed by atoms with E-state index in [1.165, 1.54) is 13.0 Å². The summed E-state index contributed by atoms with van der Waals surface area (Å²) in [7, 11) is 0. The van der Waals surface area contributed by atoms with Crippen LogP contribution < -0.4 is 4.90 Å². The predicted molar refractivity (Wildman–Crippen MR) is 108 cm³/mol. The summed E-state index contributed by atoms with van der Waals surface area (Å²) in [5, 5.41) is 4.01. The normalized spacial score (nSPS) is 19.0. The minimum absolute atomic E-state index is 0.129. The summed E-state index contributed by atoms with van der Waals surface area (Å²) >= 11 is 0. The number of piperazine rings is 1. The monoisotopic (exact) mass is 395 g/mol. The van der Waals surface area contributed by atoms with Gasteiger partial charge in [-0.1, -0.05) is 35.5 Å². The van der Waals surface area contributed by atoms with Crippen molar-refractivity contribution in [2.75, 3.05) is 31.1 Å². The number of rotatable bonds is 4. The second kappa shape index (κ2) is 8.03. The molecule has 4 rings (SSSR count). The number of benzene rings is 2. The number of carbonyl (C=O) groups excluding carboxylic acids is 2. The highest BCUT2D eigenvalue weighted by atomic mass is 19.1. The number of nitrogens with zero attached hydrogens (tertiary/aromatic N) is 3. The topological polar surface area (TPSA) is 62.2 Å². The number of anilines is 1. The van der Waals surface area contributed by atoms with E-state index >= 15 is 0 Å². The molecule has 1 unspecified atom stereocenters. The number of amides is 1. The Morgan fingerprint density at radius 2 is 1.79 bits per heavy atom. The maximum absolute atomic E-state index is 14.4. The molecular weight excluding hydrogens is 373 g/mol. The molecule has 1 fully saturated rings. The zero-order valence-electron chi connectivity index (χ0n) is 16.2. The fourth-order valence-corrected chi connectivity index (χ4v) is 3.67. The van der Waals surface area contributed by atoms with Gasteiger partial charge in [0.15, 0.2) is 11.9 Å². The molecule has 2 aromatic carbocycles. The largest absolute Gasteiger partial charge is 0.387 e. The minimum atomic E-state index is -0.420. The highest BCUT2D eigenvalue weighted by molar-refractivity contribution is 6.39. The van der Waals surface area contributed by atoms with E-state index < -0.39 is 5.82 Å². The van der Waals surface area contributed by atoms with Crippen LogP contribution in [0, 0.1) is 5.82 Å². The lowest BCUT2D eigenvalue weighted by molar-refractivity contribution is -0.124. The number of Topliss-reactive ketones (excluding diaryl/α,β-unsaturated/α-hetero) is 1. The van der Waals surface area contributed by atoms with Crippen LogP contribution in [-0.2, 0) is 9.63 Å². The Labute approximate surface area is 168 Å². The molecule has 0 N–H and O–H groups in total. The standard InChI is InChI=1S/C22H22FN3O3/c1-15(27)17-7-8-20(18(23)13-17)25-9-11-26(12-10-25)22(28)19-14-21(29-24-19)16-5-3-2-4-6-16/h2-8,13,21H,9-12,14H2,1H3. The smallest absolute Gasteiger partial charge is 0.271 e. The molecule has 2 aliphatic heterocycles. The van der Waals surface area contributed by atoms with Crippen LogP contribution in [0.5, 0.6) is 0 Å². The molecule has 2 aliphatic rings. The third kappa shape index (κ3) is 3.99.